The van der Waals surface area contributed by atoms with Crippen molar-refractivity contribution >= 4 is 0 Å². The Kier molecular flexibility index (Phi) is 5.30. The zero-order valence-corrected chi connectivity index (χ0v) is 11.8. The molecule has 2 fully saturated rings. The third-order valence-corrected chi connectivity index (χ3v) is 4.86. The molecule has 2 unspecified atom stereocenters. The molecule has 1 saturated heterocycles. The lowest BCUT2D eigenvalue weighted by Gasteiger charge is -2.33. The normalized spacial score (nSPS) is 27.2. The summed E-state index contributed by atoms with van der Waals surface area (Å²) >= 11 is 0. The third-order valence-electron chi connectivity index (χ3n) is 4.86. The van der Waals surface area contributed by atoms with E-state index in [4.69, 9.17) is 0 Å². The van der Waals surface area contributed by atoms with Crippen LogP contribution in [0.15, 0.2) is 0 Å². The first-order valence-electron chi connectivity index (χ1n) is 7.75. The second-order valence-corrected chi connectivity index (χ2v) is 6.19. The van der Waals surface area contributed by atoms with Crippen molar-refractivity contribution in [1.29, 1.82) is 0 Å². The van der Waals surface area contributed by atoms with Gasteiger partial charge in [0.05, 0.1) is 0 Å². The van der Waals surface area contributed by atoms with E-state index in [1.54, 1.807) is 0 Å². The van der Waals surface area contributed by atoms with Crippen LogP contribution >= 0.6 is 0 Å². The van der Waals surface area contributed by atoms with E-state index < -0.39 is 0 Å². The van der Waals surface area contributed by atoms with Crippen LogP contribution in [0.2, 0.25) is 0 Å². The Morgan fingerprint density at radius 1 is 1.00 bits per heavy atom. The molecule has 1 heterocycles. The Hall–Kier alpha value is -0.0800. The summed E-state index contributed by atoms with van der Waals surface area (Å²) in [5.74, 6) is 0.948. The lowest BCUT2D eigenvalue weighted by molar-refractivity contribution is 0.165. The highest BCUT2D eigenvalue weighted by atomic mass is 15.2. The Morgan fingerprint density at radius 2 is 1.65 bits per heavy atom. The van der Waals surface area contributed by atoms with Gasteiger partial charge in [0, 0.05) is 18.6 Å². The maximum Gasteiger partial charge on any atom is 0.0192 e. The number of nitrogens with zero attached hydrogens (tertiary/aromatic N) is 1. The molecule has 0 bridgehead atoms. The molecule has 2 rings (SSSR count). The molecule has 0 amide bonds. The third kappa shape index (κ3) is 3.96. The van der Waals surface area contributed by atoms with Crippen molar-refractivity contribution in [3.63, 3.8) is 0 Å². The standard InChI is InChI=1S/C15H30N2/c1-13(17-10-6-3-7-11-17)12-16-14(2)15-8-4-5-9-15/h13-16H,3-12H2,1-2H3. The van der Waals surface area contributed by atoms with Crippen LogP contribution in [0.25, 0.3) is 0 Å². The molecule has 2 heteroatoms. The van der Waals surface area contributed by atoms with Crippen molar-refractivity contribution in [3.8, 4) is 0 Å². The van der Waals surface area contributed by atoms with Gasteiger partial charge in [-0.3, -0.25) is 4.90 Å². The minimum Gasteiger partial charge on any atom is -0.312 e. The summed E-state index contributed by atoms with van der Waals surface area (Å²) < 4.78 is 0. The molecule has 0 aromatic rings. The van der Waals surface area contributed by atoms with Gasteiger partial charge in [-0.25, -0.2) is 0 Å². The van der Waals surface area contributed by atoms with Gasteiger partial charge in [-0.1, -0.05) is 19.3 Å². The molecule has 2 nitrogen and oxygen atoms in total. The summed E-state index contributed by atoms with van der Waals surface area (Å²) in [4.78, 5) is 2.66. The minimum atomic E-state index is 0.721. The van der Waals surface area contributed by atoms with E-state index in [0.717, 1.165) is 18.0 Å². The summed E-state index contributed by atoms with van der Waals surface area (Å²) in [5.41, 5.74) is 0. The quantitative estimate of drug-likeness (QED) is 0.792. The fourth-order valence-corrected chi connectivity index (χ4v) is 3.47. The van der Waals surface area contributed by atoms with Gasteiger partial charge in [0.15, 0.2) is 0 Å². The van der Waals surface area contributed by atoms with E-state index in [1.165, 1.54) is 64.6 Å². The summed E-state index contributed by atoms with van der Waals surface area (Å²) in [6.45, 7) is 8.59. The molecule has 2 atom stereocenters. The minimum absolute atomic E-state index is 0.721. The highest BCUT2D eigenvalue weighted by Gasteiger charge is 2.22. The predicted octanol–water partition coefficient (Wildman–Crippen LogP) is 3.03. The van der Waals surface area contributed by atoms with Crippen molar-refractivity contribution in [3.05, 3.63) is 0 Å². The van der Waals surface area contributed by atoms with Gasteiger partial charge in [0.25, 0.3) is 0 Å². The molecule has 1 saturated carbocycles. The van der Waals surface area contributed by atoms with Crippen molar-refractivity contribution in [1.82, 2.24) is 10.2 Å². The smallest absolute Gasteiger partial charge is 0.0192 e. The van der Waals surface area contributed by atoms with Crippen LogP contribution in [-0.2, 0) is 0 Å². The second kappa shape index (κ2) is 6.75. The van der Waals surface area contributed by atoms with E-state index in [9.17, 15) is 0 Å². The first-order chi connectivity index (χ1) is 8.27. The van der Waals surface area contributed by atoms with Gasteiger partial charge >= 0.3 is 0 Å². The molecule has 1 N–H and O–H groups in total. The van der Waals surface area contributed by atoms with E-state index in [0.29, 0.717) is 0 Å². The molecule has 17 heavy (non-hydrogen) atoms. The van der Waals surface area contributed by atoms with E-state index in [1.807, 2.05) is 0 Å². The first-order valence-corrected chi connectivity index (χ1v) is 7.75. The lowest BCUT2D eigenvalue weighted by Crippen LogP contribution is -2.46. The summed E-state index contributed by atoms with van der Waals surface area (Å²) in [6.07, 6.45) is 10.1. The summed E-state index contributed by atoms with van der Waals surface area (Å²) in [7, 11) is 0. The Bertz CT molecular complexity index is 205. The number of hydrogen-bond acceptors (Lipinski definition) is 2. The molecule has 0 spiro atoms. The molecule has 100 valence electrons. The van der Waals surface area contributed by atoms with Gasteiger partial charge in [0.2, 0.25) is 0 Å². The van der Waals surface area contributed by atoms with Crippen LogP contribution in [0.3, 0.4) is 0 Å². The highest BCUT2D eigenvalue weighted by molar-refractivity contribution is 4.80. The van der Waals surface area contributed by atoms with Crippen LogP contribution in [0.1, 0.15) is 58.8 Å². The van der Waals surface area contributed by atoms with E-state index >= 15 is 0 Å². The molecule has 1 aliphatic heterocycles. The van der Waals surface area contributed by atoms with Crippen molar-refractivity contribution in [2.45, 2.75) is 70.9 Å². The second-order valence-electron chi connectivity index (χ2n) is 6.19. The van der Waals surface area contributed by atoms with Crippen LogP contribution in [0, 0.1) is 5.92 Å². The molecular weight excluding hydrogens is 208 g/mol. The molecule has 1 aliphatic carbocycles. The zero-order valence-electron chi connectivity index (χ0n) is 11.8. The molecule has 0 aromatic carbocycles. The van der Waals surface area contributed by atoms with Crippen LogP contribution < -0.4 is 5.32 Å². The Morgan fingerprint density at radius 3 is 2.29 bits per heavy atom. The van der Waals surface area contributed by atoms with E-state index in [-0.39, 0.29) is 0 Å². The topological polar surface area (TPSA) is 15.3 Å². The lowest BCUT2D eigenvalue weighted by atomic mass is 9.99. The summed E-state index contributed by atoms with van der Waals surface area (Å²) in [5, 5.41) is 3.78. The van der Waals surface area contributed by atoms with Crippen LogP contribution in [-0.4, -0.2) is 36.6 Å². The number of likely N-dealkylation sites (tertiary alicyclic amines) is 1. The van der Waals surface area contributed by atoms with Gasteiger partial charge < -0.3 is 5.32 Å². The zero-order chi connectivity index (χ0) is 12.1. The van der Waals surface area contributed by atoms with Crippen molar-refractivity contribution in [2.75, 3.05) is 19.6 Å². The molecule has 0 radical (unpaired) electrons. The highest BCUT2D eigenvalue weighted by Crippen LogP contribution is 2.27. The average Bonchev–Trinajstić information content (AvgIpc) is 2.90. The number of rotatable bonds is 5. The molecule has 0 aromatic heterocycles. The Labute approximate surface area is 107 Å². The SMILES string of the molecule is CC(NCC(C)N1CCCCC1)C1CCCC1. The molecular formula is C15H30N2. The van der Waals surface area contributed by atoms with Gasteiger partial charge in [-0.15, -0.1) is 0 Å². The number of hydrogen-bond donors (Lipinski definition) is 1. The monoisotopic (exact) mass is 238 g/mol. The number of piperidine rings is 1. The largest absolute Gasteiger partial charge is 0.312 e. The van der Waals surface area contributed by atoms with Crippen LogP contribution in [0.4, 0.5) is 0 Å². The van der Waals surface area contributed by atoms with Crippen molar-refractivity contribution < 1.29 is 0 Å². The van der Waals surface area contributed by atoms with Gasteiger partial charge in [0.1, 0.15) is 0 Å². The maximum absolute atomic E-state index is 3.78. The summed E-state index contributed by atoms with van der Waals surface area (Å²) in [6, 6.07) is 1.45. The first kappa shape index (κ1) is 13.4. The molecule has 2 aliphatic rings. The average molecular weight is 238 g/mol. The predicted molar refractivity (Wildman–Crippen MR) is 74.3 cm³/mol. The van der Waals surface area contributed by atoms with E-state index in [2.05, 4.69) is 24.1 Å². The number of nitrogens with one attached hydrogen (secondary N) is 1. The fraction of sp³-hybridized carbons (Fsp3) is 1.00. The van der Waals surface area contributed by atoms with Gasteiger partial charge in [-0.05, 0) is 58.5 Å². The fourth-order valence-electron chi connectivity index (χ4n) is 3.47. The van der Waals surface area contributed by atoms with Crippen LogP contribution in [0.5, 0.6) is 0 Å². The maximum atomic E-state index is 3.78. The van der Waals surface area contributed by atoms with Crippen molar-refractivity contribution in [2.24, 2.45) is 5.92 Å². The Balaban J connectivity index is 1.65. The van der Waals surface area contributed by atoms with Gasteiger partial charge in [-0.2, -0.15) is 0 Å².